The van der Waals surface area contributed by atoms with Gasteiger partial charge in [-0.05, 0) is 5.56 Å². The van der Waals surface area contributed by atoms with Gasteiger partial charge in [-0.15, -0.1) is 0 Å². The summed E-state index contributed by atoms with van der Waals surface area (Å²) >= 11 is 0. The third-order valence-corrected chi connectivity index (χ3v) is 4.55. The monoisotopic (exact) mass is 252 g/mol. The van der Waals surface area contributed by atoms with Gasteiger partial charge < -0.3 is 9.05 Å². The summed E-state index contributed by atoms with van der Waals surface area (Å²) in [7, 11) is -3.20. The molecule has 17 heavy (non-hydrogen) atoms. The van der Waals surface area contributed by atoms with Crippen LogP contribution in [0.1, 0.15) is 19.4 Å². The lowest BCUT2D eigenvalue weighted by Gasteiger charge is -2.34. The highest BCUT2D eigenvalue weighted by atomic mass is 31.2. The molecule has 1 heterocycles. The fraction of sp³-hybridized carbons (Fsp3) is 0.385. The van der Waals surface area contributed by atoms with Crippen LogP contribution >= 0.6 is 7.60 Å². The van der Waals surface area contributed by atoms with Crippen LogP contribution in [0, 0.1) is 5.41 Å². The Labute approximate surface area is 102 Å². The zero-order chi connectivity index (χ0) is 12.5. The van der Waals surface area contributed by atoms with Crippen molar-refractivity contribution < 1.29 is 13.6 Å². The molecule has 0 N–H and O–H groups in total. The van der Waals surface area contributed by atoms with Crippen LogP contribution in [-0.4, -0.2) is 13.2 Å². The molecule has 1 aromatic rings. The molecule has 0 radical (unpaired) electrons. The Balaban J connectivity index is 2.19. The van der Waals surface area contributed by atoms with Gasteiger partial charge in [0.05, 0.1) is 18.5 Å². The quantitative estimate of drug-likeness (QED) is 0.748. The molecular weight excluding hydrogens is 235 g/mol. The van der Waals surface area contributed by atoms with Gasteiger partial charge in [0.1, 0.15) is 0 Å². The van der Waals surface area contributed by atoms with Crippen molar-refractivity contribution in [1.29, 1.82) is 0 Å². The first kappa shape index (κ1) is 12.6. The van der Waals surface area contributed by atoms with Gasteiger partial charge in [0.15, 0.2) is 0 Å². The number of rotatable bonds is 2. The van der Waals surface area contributed by atoms with Gasteiger partial charge in [0, 0.05) is 5.41 Å². The summed E-state index contributed by atoms with van der Waals surface area (Å²) in [6, 6.07) is 9.36. The van der Waals surface area contributed by atoms with E-state index in [1.165, 1.54) is 0 Å². The summed E-state index contributed by atoms with van der Waals surface area (Å²) in [6.45, 7) is 8.74. The lowest BCUT2D eigenvalue weighted by Crippen LogP contribution is -2.29. The number of hydrogen-bond acceptors (Lipinski definition) is 3. The Morgan fingerprint density at radius 2 is 1.76 bits per heavy atom. The first-order chi connectivity index (χ1) is 7.93. The van der Waals surface area contributed by atoms with Crippen molar-refractivity contribution in [3.63, 3.8) is 0 Å². The van der Waals surface area contributed by atoms with Crippen molar-refractivity contribution in [2.75, 3.05) is 13.2 Å². The number of hydrogen-bond donors (Lipinski definition) is 0. The predicted molar refractivity (Wildman–Crippen MR) is 68.8 cm³/mol. The van der Waals surface area contributed by atoms with Crippen molar-refractivity contribution in [3.05, 3.63) is 42.5 Å². The summed E-state index contributed by atoms with van der Waals surface area (Å²) in [6.07, 6.45) is 0. The van der Waals surface area contributed by atoms with E-state index in [2.05, 4.69) is 6.58 Å². The molecule has 1 fully saturated rings. The van der Waals surface area contributed by atoms with Crippen molar-refractivity contribution in [2.45, 2.75) is 13.8 Å². The fourth-order valence-corrected chi connectivity index (χ4v) is 3.43. The van der Waals surface area contributed by atoms with Crippen molar-refractivity contribution >= 4 is 12.9 Å². The maximum Gasteiger partial charge on any atom is 0.361 e. The molecule has 0 bridgehead atoms. The normalized spacial score (nSPS) is 22.0. The molecule has 0 atom stereocenters. The van der Waals surface area contributed by atoms with Crippen molar-refractivity contribution in [2.24, 2.45) is 5.41 Å². The van der Waals surface area contributed by atoms with Gasteiger partial charge in [-0.2, -0.15) is 0 Å². The Bertz CT molecular complexity index is 451. The predicted octanol–water partition coefficient (Wildman–Crippen LogP) is 3.92. The van der Waals surface area contributed by atoms with Crippen molar-refractivity contribution in [1.82, 2.24) is 0 Å². The Morgan fingerprint density at radius 1 is 1.24 bits per heavy atom. The maximum absolute atomic E-state index is 12.5. The van der Waals surface area contributed by atoms with E-state index in [9.17, 15) is 4.57 Å². The molecule has 2 rings (SSSR count). The minimum Gasteiger partial charge on any atom is -0.305 e. The van der Waals surface area contributed by atoms with Gasteiger partial charge in [0.2, 0.25) is 0 Å². The Kier molecular flexibility index (Phi) is 3.26. The lowest BCUT2D eigenvalue weighted by atomic mass is 9.97. The first-order valence-electron chi connectivity index (χ1n) is 5.57. The summed E-state index contributed by atoms with van der Waals surface area (Å²) in [5.41, 5.74) is 0.709. The highest BCUT2D eigenvalue weighted by molar-refractivity contribution is 7.65. The molecule has 1 aromatic carbocycles. The minimum atomic E-state index is -3.20. The average Bonchev–Trinajstić information content (AvgIpc) is 2.34. The second kappa shape index (κ2) is 4.41. The van der Waals surface area contributed by atoms with Crippen molar-refractivity contribution in [3.8, 4) is 0 Å². The fourth-order valence-electron chi connectivity index (χ4n) is 1.54. The van der Waals surface area contributed by atoms with Crippen LogP contribution in [0.3, 0.4) is 0 Å². The average molecular weight is 252 g/mol. The molecule has 0 spiro atoms. The van der Waals surface area contributed by atoms with Crippen LogP contribution < -0.4 is 0 Å². The van der Waals surface area contributed by atoms with E-state index in [4.69, 9.17) is 9.05 Å². The Morgan fingerprint density at radius 3 is 2.29 bits per heavy atom. The second-order valence-corrected chi connectivity index (χ2v) is 7.07. The van der Waals surface area contributed by atoms with E-state index in [0.717, 1.165) is 5.56 Å². The van der Waals surface area contributed by atoms with E-state index in [-0.39, 0.29) is 5.41 Å². The molecule has 0 amide bonds. The lowest BCUT2D eigenvalue weighted by molar-refractivity contribution is 0.0468. The molecule has 1 saturated heterocycles. The standard InChI is InChI=1S/C13H17O3P/c1-11(12-7-5-4-6-8-12)17(14)15-9-13(2,3)10-16-17/h4-8H,1,9-10H2,2-3H3. The molecule has 1 aliphatic rings. The smallest absolute Gasteiger partial charge is 0.305 e. The van der Waals surface area contributed by atoms with Crippen LogP contribution in [0.25, 0.3) is 5.31 Å². The third kappa shape index (κ3) is 2.68. The van der Waals surface area contributed by atoms with E-state index < -0.39 is 7.60 Å². The van der Waals surface area contributed by atoms with Gasteiger partial charge in [-0.1, -0.05) is 50.8 Å². The van der Waals surface area contributed by atoms with Crippen LogP contribution in [0.2, 0.25) is 0 Å². The molecule has 0 unspecified atom stereocenters. The van der Waals surface area contributed by atoms with Gasteiger partial charge >= 0.3 is 7.60 Å². The molecule has 3 nitrogen and oxygen atoms in total. The molecule has 4 heteroatoms. The van der Waals surface area contributed by atoms with E-state index >= 15 is 0 Å². The second-order valence-electron chi connectivity index (χ2n) is 5.02. The molecule has 0 aromatic heterocycles. The summed E-state index contributed by atoms with van der Waals surface area (Å²) < 4.78 is 23.3. The summed E-state index contributed by atoms with van der Waals surface area (Å²) in [5, 5.41) is 0.439. The van der Waals surface area contributed by atoms with E-state index in [1.807, 2.05) is 44.2 Å². The van der Waals surface area contributed by atoms with Crippen LogP contribution in [0.15, 0.2) is 36.9 Å². The molecular formula is C13H17O3P. The highest BCUT2D eigenvalue weighted by Crippen LogP contribution is 2.62. The third-order valence-electron chi connectivity index (χ3n) is 2.69. The Hall–Kier alpha value is -0.890. The molecule has 0 aliphatic carbocycles. The van der Waals surface area contributed by atoms with Crippen LogP contribution in [0.5, 0.6) is 0 Å². The molecule has 1 aliphatic heterocycles. The molecule has 92 valence electrons. The summed E-state index contributed by atoms with van der Waals surface area (Å²) in [4.78, 5) is 0. The molecule has 0 saturated carbocycles. The minimum absolute atomic E-state index is 0.0924. The van der Waals surface area contributed by atoms with E-state index in [1.54, 1.807) is 0 Å². The zero-order valence-electron chi connectivity index (χ0n) is 10.2. The van der Waals surface area contributed by atoms with Crippen LogP contribution in [-0.2, 0) is 13.6 Å². The van der Waals surface area contributed by atoms with Gasteiger partial charge in [0.25, 0.3) is 0 Å². The van der Waals surface area contributed by atoms with E-state index in [0.29, 0.717) is 18.5 Å². The largest absolute Gasteiger partial charge is 0.361 e. The van der Waals surface area contributed by atoms with Gasteiger partial charge in [-0.3, -0.25) is 4.57 Å². The van der Waals surface area contributed by atoms with Crippen LogP contribution in [0.4, 0.5) is 0 Å². The van der Waals surface area contributed by atoms with Gasteiger partial charge in [-0.25, -0.2) is 0 Å². The topological polar surface area (TPSA) is 35.5 Å². The zero-order valence-corrected chi connectivity index (χ0v) is 11.1. The number of benzene rings is 1. The maximum atomic E-state index is 12.5. The first-order valence-corrected chi connectivity index (χ1v) is 7.11. The highest BCUT2D eigenvalue weighted by Gasteiger charge is 2.39. The SMILES string of the molecule is C=C(c1ccccc1)P1(=O)OCC(C)(C)CO1. The summed E-state index contributed by atoms with van der Waals surface area (Å²) in [5.74, 6) is 0.